The van der Waals surface area contributed by atoms with Crippen molar-refractivity contribution < 1.29 is 14.2 Å². The number of aliphatic hydroxyl groups excluding tert-OH is 1. The van der Waals surface area contributed by atoms with Gasteiger partial charge in [0.25, 0.3) is 7.37 Å². The van der Waals surface area contributed by atoms with Crippen molar-refractivity contribution in [1.29, 1.82) is 0 Å². The molecule has 154 valence electrons. The average Bonchev–Trinajstić information content (AvgIpc) is 2.67. The Balaban J connectivity index is 2.37. The zero-order chi connectivity index (χ0) is 20.9. The molecule has 0 fully saturated rings. The van der Waals surface area contributed by atoms with Crippen LogP contribution in [0.2, 0.25) is 0 Å². The van der Waals surface area contributed by atoms with Crippen LogP contribution in [0.5, 0.6) is 0 Å². The Morgan fingerprint density at radius 3 is 1.79 bits per heavy atom. The monoisotopic (exact) mass is 404 g/mol. The number of hydrogen-bond acceptors (Lipinski definition) is 5. The standard InChI is InChI=1S/C22H33N2O3P/c1-17(2)15-16-27-28(26,21-13-11-20(12-14-21)24(5)6)22(25)18-7-9-19(10-8-18)23(3)4/h7-14,17,22,25H,15-16H2,1-6H3/t22-,28+/m0/s1. The molecule has 0 aliphatic rings. The first-order valence-electron chi connectivity index (χ1n) is 9.62. The van der Waals surface area contributed by atoms with Gasteiger partial charge in [0.05, 0.1) is 6.61 Å². The molecule has 2 atom stereocenters. The van der Waals surface area contributed by atoms with Gasteiger partial charge in [0, 0.05) is 44.9 Å². The molecule has 0 unspecified atom stereocenters. The van der Waals surface area contributed by atoms with Crippen molar-refractivity contribution in [3.8, 4) is 0 Å². The molecular formula is C22H33N2O3P. The Hall–Kier alpha value is -1.81. The van der Waals surface area contributed by atoms with E-state index in [4.69, 9.17) is 4.52 Å². The highest BCUT2D eigenvalue weighted by Gasteiger charge is 2.36. The number of benzene rings is 2. The molecule has 0 aliphatic heterocycles. The fraction of sp³-hybridized carbons (Fsp3) is 0.455. The van der Waals surface area contributed by atoms with Crippen LogP contribution in [-0.4, -0.2) is 39.9 Å². The molecule has 28 heavy (non-hydrogen) atoms. The van der Waals surface area contributed by atoms with Gasteiger partial charge in [0.15, 0.2) is 5.85 Å². The maximum absolute atomic E-state index is 13.9. The van der Waals surface area contributed by atoms with Crippen molar-refractivity contribution in [3.63, 3.8) is 0 Å². The van der Waals surface area contributed by atoms with E-state index in [0.29, 0.717) is 23.4 Å². The minimum atomic E-state index is -3.51. The van der Waals surface area contributed by atoms with Crippen LogP contribution in [0.1, 0.15) is 31.7 Å². The lowest BCUT2D eigenvalue weighted by Crippen LogP contribution is -2.17. The summed E-state index contributed by atoms with van der Waals surface area (Å²) in [5.74, 6) is -0.776. The number of anilines is 2. The normalized spacial score (nSPS) is 14.6. The molecule has 0 amide bonds. The summed E-state index contributed by atoms with van der Waals surface area (Å²) in [7, 11) is 4.31. The average molecular weight is 404 g/mol. The fourth-order valence-electron chi connectivity index (χ4n) is 2.81. The van der Waals surface area contributed by atoms with Gasteiger partial charge in [-0.3, -0.25) is 4.57 Å². The van der Waals surface area contributed by atoms with Crippen molar-refractivity contribution in [2.75, 3.05) is 44.6 Å². The molecule has 1 N–H and O–H groups in total. The van der Waals surface area contributed by atoms with Crippen LogP contribution in [0.3, 0.4) is 0 Å². The highest BCUT2D eigenvalue weighted by atomic mass is 31.2. The molecule has 0 heterocycles. The lowest BCUT2D eigenvalue weighted by atomic mass is 10.2. The minimum Gasteiger partial charge on any atom is -0.378 e. The van der Waals surface area contributed by atoms with Gasteiger partial charge in [-0.2, -0.15) is 0 Å². The molecule has 0 radical (unpaired) electrons. The summed E-state index contributed by atoms with van der Waals surface area (Å²) in [4.78, 5) is 3.96. The molecule has 5 nitrogen and oxygen atoms in total. The van der Waals surface area contributed by atoms with Gasteiger partial charge in [-0.05, 0) is 54.3 Å². The smallest absolute Gasteiger partial charge is 0.264 e. The van der Waals surface area contributed by atoms with Crippen LogP contribution in [0.4, 0.5) is 11.4 Å². The first kappa shape index (κ1) is 22.5. The van der Waals surface area contributed by atoms with E-state index in [0.717, 1.165) is 17.8 Å². The van der Waals surface area contributed by atoms with Crippen molar-refractivity contribution >= 4 is 24.0 Å². The maximum atomic E-state index is 13.9. The van der Waals surface area contributed by atoms with Crippen molar-refractivity contribution in [2.24, 2.45) is 5.92 Å². The summed E-state index contributed by atoms with van der Waals surface area (Å²) in [6, 6.07) is 14.8. The van der Waals surface area contributed by atoms with Crippen LogP contribution in [0.25, 0.3) is 0 Å². The highest BCUT2D eigenvalue weighted by molar-refractivity contribution is 7.67. The van der Waals surface area contributed by atoms with E-state index < -0.39 is 13.2 Å². The number of rotatable bonds is 9. The van der Waals surface area contributed by atoms with Gasteiger partial charge < -0.3 is 19.4 Å². The van der Waals surface area contributed by atoms with Gasteiger partial charge in [-0.1, -0.05) is 26.0 Å². The van der Waals surface area contributed by atoms with E-state index in [1.807, 2.05) is 74.4 Å². The van der Waals surface area contributed by atoms with E-state index >= 15 is 0 Å². The van der Waals surface area contributed by atoms with Crippen LogP contribution in [0.15, 0.2) is 48.5 Å². The second kappa shape index (κ2) is 9.60. The largest absolute Gasteiger partial charge is 0.378 e. The topological polar surface area (TPSA) is 53.0 Å². The number of hydrogen-bond donors (Lipinski definition) is 1. The molecule has 6 heteroatoms. The lowest BCUT2D eigenvalue weighted by Gasteiger charge is -2.26. The zero-order valence-corrected chi connectivity index (χ0v) is 18.7. The summed E-state index contributed by atoms with van der Waals surface area (Å²) >= 11 is 0. The van der Waals surface area contributed by atoms with E-state index in [-0.39, 0.29) is 0 Å². The Morgan fingerprint density at radius 1 is 0.893 bits per heavy atom. The van der Waals surface area contributed by atoms with E-state index in [2.05, 4.69) is 13.8 Å². The van der Waals surface area contributed by atoms with Crippen molar-refractivity contribution in [1.82, 2.24) is 0 Å². The summed E-state index contributed by atoms with van der Waals surface area (Å²) < 4.78 is 19.8. The quantitative estimate of drug-likeness (QED) is 0.625. The van der Waals surface area contributed by atoms with Gasteiger partial charge in [0.1, 0.15) is 0 Å². The van der Waals surface area contributed by atoms with Gasteiger partial charge in [-0.15, -0.1) is 0 Å². The molecule has 0 saturated carbocycles. The molecule has 0 aliphatic carbocycles. The van der Waals surface area contributed by atoms with Gasteiger partial charge >= 0.3 is 0 Å². The van der Waals surface area contributed by atoms with Gasteiger partial charge in [0.2, 0.25) is 0 Å². The Morgan fingerprint density at radius 2 is 1.36 bits per heavy atom. The van der Waals surface area contributed by atoms with Gasteiger partial charge in [-0.25, -0.2) is 0 Å². The third kappa shape index (κ3) is 5.38. The third-order valence-corrected chi connectivity index (χ3v) is 7.26. The van der Waals surface area contributed by atoms with E-state index in [1.54, 1.807) is 12.1 Å². The summed E-state index contributed by atoms with van der Waals surface area (Å²) in [5.41, 5.74) is 2.61. The van der Waals surface area contributed by atoms with Crippen LogP contribution in [-0.2, 0) is 9.09 Å². The molecule has 0 spiro atoms. The third-order valence-electron chi connectivity index (χ3n) is 4.73. The Labute approximate surface area is 169 Å². The predicted octanol–water partition coefficient (Wildman–Crippen LogP) is 4.48. The van der Waals surface area contributed by atoms with Crippen LogP contribution in [0, 0.1) is 5.92 Å². The molecule has 2 aromatic carbocycles. The highest BCUT2D eigenvalue weighted by Crippen LogP contribution is 2.58. The van der Waals surface area contributed by atoms with Crippen molar-refractivity contribution in [3.05, 3.63) is 54.1 Å². The van der Waals surface area contributed by atoms with E-state index in [1.165, 1.54) is 0 Å². The van der Waals surface area contributed by atoms with E-state index in [9.17, 15) is 9.67 Å². The first-order valence-corrected chi connectivity index (χ1v) is 11.3. The second-order valence-corrected chi connectivity index (χ2v) is 10.3. The SMILES string of the molecule is CC(C)CCO[P@](=O)(c1ccc(N(C)C)cc1)[C@H](O)c1ccc(N(C)C)cc1. The minimum absolute atomic E-state index is 0.344. The lowest BCUT2D eigenvalue weighted by molar-refractivity contribution is 0.209. The first-order chi connectivity index (χ1) is 13.1. The zero-order valence-electron chi connectivity index (χ0n) is 17.8. The number of nitrogens with zero attached hydrogens (tertiary/aromatic N) is 2. The summed E-state index contributed by atoms with van der Waals surface area (Å²) in [6.07, 6.45) is 0.784. The molecule has 2 aromatic rings. The maximum Gasteiger partial charge on any atom is 0.264 e. The van der Waals surface area contributed by atoms with Crippen molar-refractivity contribution in [2.45, 2.75) is 26.1 Å². The summed E-state index contributed by atoms with van der Waals surface area (Å²) in [6.45, 7) is 4.53. The predicted molar refractivity (Wildman–Crippen MR) is 119 cm³/mol. The molecule has 2 rings (SSSR count). The summed E-state index contributed by atoms with van der Waals surface area (Å²) in [5, 5.41) is 11.6. The molecule has 0 saturated heterocycles. The molecule has 0 aromatic heterocycles. The van der Waals surface area contributed by atoms with Crippen LogP contribution >= 0.6 is 7.37 Å². The molecule has 0 bridgehead atoms. The van der Waals surface area contributed by atoms with Crippen LogP contribution < -0.4 is 15.1 Å². The Bertz CT molecular complexity index is 786. The number of aliphatic hydroxyl groups is 1. The Kier molecular flexibility index (Phi) is 7.70. The second-order valence-electron chi connectivity index (χ2n) is 7.88. The molecular weight excluding hydrogens is 371 g/mol. The fourth-order valence-corrected chi connectivity index (χ4v) is 4.89.